The summed E-state index contributed by atoms with van der Waals surface area (Å²) in [4.78, 5) is 33.1. The van der Waals surface area contributed by atoms with E-state index in [0.717, 1.165) is 11.1 Å². The van der Waals surface area contributed by atoms with Crippen LogP contribution in [0.1, 0.15) is 77.2 Å². The minimum absolute atomic E-state index is 0.00384. The van der Waals surface area contributed by atoms with Crippen LogP contribution in [0.25, 0.3) is 5.76 Å². The minimum Gasteiger partial charge on any atom is -0.507 e. The Morgan fingerprint density at radius 3 is 2.11 bits per heavy atom. The first-order chi connectivity index (χ1) is 26.0. The average molecular weight is 769 g/mol. The number of aromatic nitrogens is 1. The highest BCUT2D eigenvalue weighted by Crippen LogP contribution is 2.59. The maximum absolute atomic E-state index is 16.5. The van der Waals surface area contributed by atoms with E-state index >= 15 is 14.0 Å². The molecule has 1 saturated carbocycles. The molecule has 1 heterocycles. The van der Waals surface area contributed by atoms with Gasteiger partial charge in [0, 0.05) is 22.6 Å². The summed E-state index contributed by atoms with van der Waals surface area (Å²) < 4.78 is 47.7. The maximum atomic E-state index is 16.5. The summed E-state index contributed by atoms with van der Waals surface area (Å²) in [7, 11) is 2.14. The number of benzene rings is 3. The second-order valence-corrected chi connectivity index (χ2v) is 21.3. The number of nitrogens with zero attached hydrogens (tertiary/aromatic N) is 2. The summed E-state index contributed by atoms with van der Waals surface area (Å²) in [6.07, 6.45) is 0.254. The molecule has 0 amide bonds. The van der Waals surface area contributed by atoms with E-state index in [2.05, 4.69) is 5.16 Å². The Morgan fingerprint density at radius 2 is 1.55 bits per heavy atom. The normalized spacial score (nSPS) is 22.2. The van der Waals surface area contributed by atoms with Crippen molar-refractivity contribution >= 4 is 25.6 Å². The van der Waals surface area contributed by atoms with Crippen LogP contribution in [0.2, 0.25) is 18.1 Å². The van der Waals surface area contributed by atoms with Crippen LogP contribution in [-0.2, 0) is 28.9 Å². The van der Waals surface area contributed by atoms with Gasteiger partial charge in [0.1, 0.15) is 30.3 Å². The van der Waals surface area contributed by atoms with Crippen molar-refractivity contribution in [3.05, 3.63) is 111 Å². The number of aliphatic hydroxyl groups is 1. The quantitative estimate of drug-likeness (QED) is 0.124. The van der Waals surface area contributed by atoms with Crippen LogP contribution >= 0.6 is 0 Å². The van der Waals surface area contributed by atoms with Gasteiger partial charge in [-0.3, -0.25) is 14.5 Å². The fraction of sp³-hybridized carbons (Fsp3) is 0.419. The molecule has 290 valence electrons. The Hall–Kier alpha value is -4.78. The fourth-order valence-electron chi connectivity index (χ4n) is 8.28. The lowest BCUT2D eigenvalue weighted by molar-refractivity contribution is -0.140. The monoisotopic (exact) mass is 768 g/mol. The van der Waals surface area contributed by atoms with Gasteiger partial charge in [-0.2, -0.15) is 0 Å². The van der Waals surface area contributed by atoms with Gasteiger partial charge in [-0.05, 0) is 74.2 Å². The molecule has 4 atom stereocenters. The van der Waals surface area contributed by atoms with Gasteiger partial charge in [-0.25, -0.2) is 4.39 Å². The van der Waals surface area contributed by atoms with E-state index in [1.807, 2.05) is 114 Å². The lowest BCUT2D eigenvalue weighted by Crippen LogP contribution is -2.68. The Bertz CT molecular complexity index is 2180. The smallest absolute Gasteiger partial charge is 0.265 e. The lowest BCUT2D eigenvalue weighted by Gasteiger charge is -2.55. The predicted octanol–water partition coefficient (Wildman–Crippen LogP) is 8.58. The highest BCUT2D eigenvalue weighted by Gasteiger charge is 2.69. The molecular weight excluding hydrogens is 720 g/mol. The first-order valence-corrected chi connectivity index (χ1v) is 21.6. The molecule has 4 aromatic rings. The van der Waals surface area contributed by atoms with E-state index in [4.69, 9.17) is 23.2 Å². The molecule has 55 heavy (non-hydrogen) atoms. The van der Waals surface area contributed by atoms with E-state index < -0.39 is 60.0 Å². The zero-order valence-corrected chi connectivity index (χ0v) is 33.9. The molecule has 0 saturated heterocycles. The maximum Gasteiger partial charge on any atom is 0.265 e. The molecule has 3 aliphatic rings. The zero-order valence-electron chi connectivity index (χ0n) is 32.9. The van der Waals surface area contributed by atoms with Gasteiger partial charge in [0.2, 0.25) is 11.6 Å². The number of aliphatic hydroxyl groups excluding tert-OH is 1. The van der Waals surface area contributed by atoms with Gasteiger partial charge < -0.3 is 28.3 Å². The third kappa shape index (κ3) is 6.18. The molecule has 12 heteroatoms. The molecule has 0 aliphatic heterocycles. The van der Waals surface area contributed by atoms with Crippen LogP contribution in [0.5, 0.6) is 17.4 Å². The minimum atomic E-state index is -2.95. The molecule has 0 unspecified atom stereocenters. The van der Waals surface area contributed by atoms with E-state index in [1.165, 1.54) is 7.11 Å². The van der Waals surface area contributed by atoms with Gasteiger partial charge in [0.15, 0.2) is 31.2 Å². The molecule has 0 bridgehead atoms. The molecule has 3 aliphatic carbocycles. The third-order valence-electron chi connectivity index (χ3n) is 12.0. The van der Waals surface area contributed by atoms with E-state index in [0.29, 0.717) is 5.56 Å². The van der Waals surface area contributed by atoms with Crippen molar-refractivity contribution in [1.29, 1.82) is 0 Å². The molecular formula is C43H49FN2O8Si. The number of hydrogen-bond donors (Lipinski definition) is 1. The van der Waals surface area contributed by atoms with Gasteiger partial charge >= 0.3 is 0 Å². The second kappa shape index (κ2) is 14.1. The highest BCUT2D eigenvalue weighted by atomic mass is 28.4. The second-order valence-electron chi connectivity index (χ2n) is 16.6. The number of hydrogen-bond acceptors (Lipinski definition) is 10. The number of carbonyl (C=O) groups is 2. The van der Waals surface area contributed by atoms with Crippen molar-refractivity contribution in [2.24, 2.45) is 11.8 Å². The Morgan fingerprint density at radius 1 is 0.945 bits per heavy atom. The number of rotatable bonds is 10. The SMILES string of the molecule is COc1c(C)c(OCc2ccccc2)c2c(c1F)C[C@H]1C[C@H]3[C@H](N(C)C)c4onc(OCc5ccccc5)c4C(=O)[C@@]3(O[Si](C)(C)C(C)(C)C)C(=O)C1=C2O. The Labute approximate surface area is 322 Å². The van der Waals surface area contributed by atoms with Crippen molar-refractivity contribution in [3.63, 3.8) is 0 Å². The number of ketones is 2. The van der Waals surface area contributed by atoms with Crippen LogP contribution < -0.4 is 14.2 Å². The number of carbonyl (C=O) groups excluding carboxylic acids is 2. The third-order valence-corrected chi connectivity index (χ3v) is 16.4. The van der Waals surface area contributed by atoms with E-state index in [1.54, 1.807) is 6.92 Å². The summed E-state index contributed by atoms with van der Waals surface area (Å²) in [5.74, 6) is -3.33. The molecule has 1 aromatic heterocycles. The molecule has 7 rings (SSSR count). The van der Waals surface area contributed by atoms with Gasteiger partial charge in [-0.15, -0.1) is 0 Å². The van der Waals surface area contributed by atoms with Crippen molar-refractivity contribution in [1.82, 2.24) is 10.1 Å². The van der Waals surface area contributed by atoms with Crippen molar-refractivity contribution in [2.45, 2.75) is 83.5 Å². The molecule has 0 spiro atoms. The molecule has 0 radical (unpaired) electrons. The number of halogens is 1. The first kappa shape index (κ1) is 38.5. The lowest BCUT2D eigenvalue weighted by atomic mass is 9.57. The van der Waals surface area contributed by atoms with E-state index in [9.17, 15) is 5.11 Å². The number of fused-ring (bicyclic) bond motifs is 4. The van der Waals surface area contributed by atoms with Crippen molar-refractivity contribution in [2.75, 3.05) is 21.2 Å². The first-order valence-electron chi connectivity index (χ1n) is 18.6. The van der Waals surface area contributed by atoms with Crippen LogP contribution in [0.15, 0.2) is 70.8 Å². The molecule has 1 N–H and O–H groups in total. The summed E-state index contributed by atoms with van der Waals surface area (Å²) in [6, 6.07) is 18.3. The molecule has 1 fully saturated rings. The van der Waals surface area contributed by atoms with E-state index in [-0.39, 0.29) is 71.5 Å². The zero-order chi connectivity index (χ0) is 39.6. The highest BCUT2D eigenvalue weighted by molar-refractivity contribution is 6.74. The van der Waals surface area contributed by atoms with Crippen molar-refractivity contribution in [3.8, 4) is 17.4 Å². The summed E-state index contributed by atoms with van der Waals surface area (Å²) in [5.41, 5.74) is 0.303. The van der Waals surface area contributed by atoms with Gasteiger partial charge in [0.05, 0.1) is 18.7 Å². The van der Waals surface area contributed by atoms with Gasteiger partial charge in [-0.1, -0.05) is 81.4 Å². The summed E-state index contributed by atoms with van der Waals surface area (Å²) >= 11 is 0. The van der Waals surface area contributed by atoms with Crippen LogP contribution in [0.4, 0.5) is 4.39 Å². The predicted molar refractivity (Wildman–Crippen MR) is 207 cm³/mol. The Balaban J connectivity index is 1.43. The number of Topliss-reactive ketones (excluding diaryl/α,β-unsaturated/α-hetero) is 2. The van der Waals surface area contributed by atoms with Crippen LogP contribution in [-0.4, -0.2) is 61.9 Å². The van der Waals surface area contributed by atoms with Crippen molar-refractivity contribution < 1.29 is 42.2 Å². The fourth-order valence-corrected chi connectivity index (χ4v) is 9.73. The molecule has 10 nitrogen and oxygen atoms in total. The number of methoxy groups -OCH3 is 1. The standard InChI is InChI=1S/C43H49FN2O8Si/c1-24-36(51-22-25-16-12-10-13-17-25)31-28(33(44)37(24)50-7)20-27-21-29-34(46(5)6)38-32(41(45-53-38)52-23-26-18-14-11-15-19-26)40(49)43(29,39(48)30(27)35(31)47)54-55(8,9)42(2,3)4/h10-19,27,29,34,47H,20-23H2,1-9H3/t27-,29-,34-,43-/m0/s1. The van der Waals surface area contributed by atoms with Crippen LogP contribution in [0, 0.1) is 24.6 Å². The largest absolute Gasteiger partial charge is 0.507 e. The Kier molecular flexibility index (Phi) is 9.84. The summed E-state index contributed by atoms with van der Waals surface area (Å²) in [5, 5.41) is 16.2. The van der Waals surface area contributed by atoms with Crippen LogP contribution in [0.3, 0.4) is 0 Å². The van der Waals surface area contributed by atoms with Gasteiger partial charge in [0.25, 0.3) is 5.88 Å². The topological polar surface area (TPSA) is 121 Å². The molecule has 3 aromatic carbocycles. The summed E-state index contributed by atoms with van der Waals surface area (Å²) in [6.45, 7) is 12.0. The number of ether oxygens (including phenoxy) is 3. The average Bonchev–Trinajstić information content (AvgIpc) is 3.56.